The maximum Gasteiger partial charge on any atom is 0.222 e. The predicted molar refractivity (Wildman–Crippen MR) is 74.7 cm³/mol. The Morgan fingerprint density at radius 3 is 2.70 bits per heavy atom. The van der Waals surface area contributed by atoms with Gasteiger partial charge in [-0.3, -0.25) is 0 Å². The molecule has 0 amide bonds. The molecule has 106 valence electrons. The van der Waals surface area contributed by atoms with Gasteiger partial charge < -0.3 is 10.2 Å². The van der Waals surface area contributed by atoms with Gasteiger partial charge in [-0.15, -0.1) is 0 Å². The van der Waals surface area contributed by atoms with Crippen LogP contribution in [-0.2, 0) is 13.0 Å². The normalized spacial score (nSPS) is 10.4. The molecule has 0 saturated heterocycles. The predicted octanol–water partition coefficient (Wildman–Crippen LogP) is 2.35. The molecule has 0 aliphatic heterocycles. The Labute approximate surface area is 117 Å². The van der Waals surface area contributed by atoms with Gasteiger partial charge in [0.2, 0.25) is 5.88 Å². The fourth-order valence-corrected chi connectivity index (χ4v) is 1.74. The lowest BCUT2D eigenvalue weighted by atomic mass is 10.2. The van der Waals surface area contributed by atoms with E-state index in [9.17, 15) is 4.39 Å². The van der Waals surface area contributed by atoms with Gasteiger partial charge >= 0.3 is 0 Å². The second-order valence-electron chi connectivity index (χ2n) is 4.30. The van der Waals surface area contributed by atoms with E-state index in [-0.39, 0.29) is 12.4 Å². The number of nitrogens with one attached hydrogen (secondary N) is 1. The molecular weight excluding hydrogens is 259 g/mol. The number of anilines is 1. The van der Waals surface area contributed by atoms with E-state index in [0.29, 0.717) is 35.1 Å². The lowest BCUT2D eigenvalue weighted by molar-refractivity contribution is 0.284. The van der Waals surface area contributed by atoms with E-state index in [4.69, 9.17) is 10.6 Å². The molecule has 6 heteroatoms. The van der Waals surface area contributed by atoms with Crippen molar-refractivity contribution in [1.29, 1.82) is 0 Å². The summed E-state index contributed by atoms with van der Waals surface area (Å²) in [4.78, 5) is 8.53. The first-order valence-electron chi connectivity index (χ1n) is 6.36. The van der Waals surface area contributed by atoms with Gasteiger partial charge in [0.05, 0.1) is 5.56 Å². The molecule has 2 aromatic rings. The van der Waals surface area contributed by atoms with E-state index in [1.165, 1.54) is 6.07 Å². The lowest BCUT2D eigenvalue weighted by Crippen LogP contribution is -2.13. The molecule has 1 aromatic carbocycles. The molecule has 0 aliphatic rings. The molecule has 1 heterocycles. The number of nitrogens with two attached hydrogens (primary N) is 1. The highest BCUT2D eigenvalue weighted by molar-refractivity contribution is 5.47. The van der Waals surface area contributed by atoms with Crippen LogP contribution in [0.2, 0.25) is 0 Å². The molecule has 0 fully saturated rings. The molecule has 2 rings (SSSR count). The second kappa shape index (κ2) is 6.29. The number of rotatable bonds is 5. The van der Waals surface area contributed by atoms with Gasteiger partial charge in [-0.1, -0.05) is 25.1 Å². The van der Waals surface area contributed by atoms with Gasteiger partial charge in [0.25, 0.3) is 0 Å². The Morgan fingerprint density at radius 2 is 2.05 bits per heavy atom. The first-order chi connectivity index (χ1) is 9.65. The Morgan fingerprint density at radius 1 is 1.30 bits per heavy atom. The van der Waals surface area contributed by atoms with Crippen molar-refractivity contribution in [3.63, 3.8) is 0 Å². The monoisotopic (exact) mass is 276 g/mol. The number of hydrazine groups is 1. The fraction of sp³-hybridized carbons (Fsp3) is 0.286. The van der Waals surface area contributed by atoms with Gasteiger partial charge in [-0.25, -0.2) is 15.2 Å². The molecule has 3 N–H and O–H groups in total. The molecule has 0 unspecified atom stereocenters. The van der Waals surface area contributed by atoms with Gasteiger partial charge in [0, 0.05) is 12.0 Å². The quantitative estimate of drug-likeness (QED) is 0.648. The van der Waals surface area contributed by atoms with Gasteiger partial charge in [0.15, 0.2) is 0 Å². The minimum atomic E-state index is -0.299. The molecule has 5 nitrogen and oxygen atoms in total. The smallest absolute Gasteiger partial charge is 0.222 e. The van der Waals surface area contributed by atoms with Crippen LogP contribution in [0.1, 0.15) is 23.9 Å². The SMILES string of the molecule is CCc1nc(NN)c(C)c(OCc2ccccc2F)n1. The topological polar surface area (TPSA) is 73.1 Å². The Kier molecular flexibility index (Phi) is 4.47. The molecule has 0 saturated carbocycles. The molecule has 0 bridgehead atoms. The standard InChI is InChI=1S/C14H17FN4O/c1-3-12-17-13(19-16)9(2)14(18-12)20-8-10-6-4-5-7-11(10)15/h4-7H,3,8,16H2,1-2H3,(H,17,18,19). The summed E-state index contributed by atoms with van der Waals surface area (Å²) >= 11 is 0. The lowest BCUT2D eigenvalue weighted by Gasteiger charge is -2.12. The zero-order chi connectivity index (χ0) is 14.5. The summed E-state index contributed by atoms with van der Waals surface area (Å²) < 4.78 is 19.1. The van der Waals surface area contributed by atoms with Crippen LogP contribution in [0.4, 0.5) is 10.2 Å². The molecule has 0 radical (unpaired) electrons. The minimum absolute atomic E-state index is 0.109. The number of halogens is 1. The number of hydrogen-bond acceptors (Lipinski definition) is 5. The van der Waals surface area contributed by atoms with Gasteiger partial charge in [-0.2, -0.15) is 4.98 Å². The molecular formula is C14H17FN4O. The summed E-state index contributed by atoms with van der Waals surface area (Å²) in [5.41, 5.74) is 3.69. The summed E-state index contributed by atoms with van der Waals surface area (Å²) in [6.07, 6.45) is 0.658. The van der Waals surface area contributed by atoms with Crippen molar-refractivity contribution >= 4 is 5.82 Å². The number of aromatic nitrogens is 2. The summed E-state index contributed by atoms with van der Waals surface area (Å²) in [5, 5.41) is 0. The Hall–Kier alpha value is -2.21. The van der Waals surface area contributed by atoms with Crippen molar-refractivity contribution in [2.45, 2.75) is 26.9 Å². The van der Waals surface area contributed by atoms with Crippen LogP contribution < -0.4 is 16.0 Å². The first kappa shape index (κ1) is 14.2. The molecule has 0 spiro atoms. The van der Waals surface area contributed by atoms with E-state index in [1.807, 2.05) is 6.92 Å². The second-order valence-corrected chi connectivity index (χ2v) is 4.30. The van der Waals surface area contributed by atoms with E-state index >= 15 is 0 Å². The molecule has 0 aliphatic carbocycles. The first-order valence-corrected chi connectivity index (χ1v) is 6.36. The highest BCUT2D eigenvalue weighted by Crippen LogP contribution is 2.22. The number of ether oxygens (including phenoxy) is 1. The largest absolute Gasteiger partial charge is 0.472 e. The van der Waals surface area contributed by atoms with Crippen molar-refractivity contribution in [3.05, 3.63) is 47.0 Å². The average molecular weight is 276 g/mol. The van der Waals surface area contributed by atoms with E-state index < -0.39 is 0 Å². The maximum absolute atomic E-state index is 13.5. The van der Waals surface area contributed by atoms with Crippen LogP contribution >= 0.6 is 0 Å². The number of nitrogen functional groups attached to an aromatic ring is 1. The van der Waals surface area contributed by atoms with Gasteiger partial charge in [-0.05, 0) is 13.0 Å². The van der Waals surface area contributed by atoms with Crippen LogP contribution in [0.15, 0.2) is 24.3 Å². The van der Waals surface area contributed by atoms with Crippen molar-refractivity contribution in [2.24, 2.45) is 5.84 Å². The molecule has 20 heavy (non-hydrogen) atoms. The minimum Gasteiger partial charge on any atom is -0.472 e. The summed E-state index contributed by atoms with van der Waals surface area (Å²) in [5.74, 6) is 6.66. The van der Waals surface area contributed by atoms with Crippen LogP contribution in [0.3, 0.4) is 0 Å². The van der Waals surface area contributed by atoms with Crippen LogP contribution in [0.25, 0.3) is 0 Å². The third kappa shape index (κ3) is 3.03. The van der Waals surface area contributed by atoms with Crippen molar-refractivity contribution < 1.29 is 9.13 Å². The van der Waals surface area contributed by atoms with Crippen LogP contribution in [0.5, 0.6) is 5.88 Å². The molecule has 1 aromatic heterocycles. The van der Waals surface area contributed by atoms with Crippen LogP contribution in [0, 0.1) is 12.7 Å². The number of benzene rings is 1. The highest BCUT2D eigenvalue weighted by Gasteiger charge is 2.11. The van der Waals surface area contributed by atoms with Crippen molar-refractivity contribution in [3.8, 4) is 5.88 Å². The van der Waals surface area contributed by atoms with Gasteiger partial charge in [0.1, 0.15) is 24.1 Å². The fourth-order valence-electron chi connectivity index (χ4n) is 1.74. The van der Waals surface area contributed by atoms with Crippen molar-refractivity contribution in [1.82, 2.24) is 9.97 Å². The van der Waals surface area contributed by atoms with E-state index in [2.05, 4.69) is 15.4 Å². The highest BCUT2D eigenvalue weighted by atomic mass is 19.1. The number of nitrogens with zero attached hydrogens (tertiary/aromatic N) is 2. The maximum atomic E-state index is 13.5. The Balaban J connectivity index is 2.23. The summed E-state index contributed by atoms with van der Waals surface area (Å²) in [6, 6.07) is 6.48. The van der Waals surface area contributed by atoms with E-state index in [0.717, 1.165) is 0 Å². The van der Waals surface area contributed by atoms with Crippen LogP contribution in [-0.4, -0.2) is 9.97 Å². The number of aryl methyl sites for hydroxylation is 1. The zero-order valence-electron chi connectivity index (χ0n) is 11.5. The molecule has 0 atom stereocenters. The average Bonchev–Trinajstić information content (AvgIpc) is 2.47. The Bertz CT molecular complexity index is 604. The third-order valence-corrected chi connectivity index (χ3v) is 2.92. The van der Waals surface area contributed by atoms with Crippen molar-refractivity contribution in [2.75, 3.05) is 5.43 Å². The van der Waals surface area contributed by atoms with E-state index in [1.54, 1.807) is 25.1 Å². The number of hydrogen-bond donors (Lipinski definition) is 2. The summed E-state index contributed by atoms with van der Waals surface area (Å²) in [7, 11) is 0. The zero-order valence-corrected chi connectivity index (χ0v) is 11.5. The summed E-state index contributed by atoms with van der Waals surface area (Å²) in [6.45, 7) is 3.84. The third-order valence-electron chi connectivity index (χ3n) is 2.92.